The van der Waals surface area contributed by atoms with Crippen molar-refractivity contribution in [3.05, 3.63) is 0 Å². The van der Waals surface area contributed by atoms with Crippen LogP contribution in [-0.4, -0.2) is 24.1 Å². The van der Waals surface area contributed by atoms with Gasteiger partial charge in [-0.1, -0.05) is 6.92 Å². The van der Waals surface area contributed by atoms with E-state index in [1.54, 1.807) is 0 Å². The summed E-state index contributed by atoms with van der Waals surface area (Å²) in [5, 5.41) is 0. The van der Waals surface area contributed by atoms with Gasteiger partial charge in [0.15, 0.2) is 0 Å². The van der Waals surface area contributed by atoms with Crippen molar-refractivity contribution in [1.82, 2.24) is 0 Å². The van der Waals surface area contributed by atoms with E-state index in [4.69, 9.17) is 4.74 Å². The molecular formula is C10H18O2S. The van der Waals surface area contributed by atoms with Crippen LogP contribution in [0.15, 0.2) is 0 Å². The molecule has 1 heterocycles. The van der Waals surface area contributed by atoms with E-state index in [1.807, 2.05) is 18.7 Å². The second kappa shape index (κ2) is 5.53. The average molecular weight is 202 g/mol. The fourth-order valence-electron chi connectivity index (χ4n) is 1.65. The summed E-state index contributed by atoms with van der Waals surface area (Å²) in [6.45, 7) is 4.52. The van der Waals surface area contributed by atoms with Crippen LogP contribution in [0.3, 0.4) is 0 Å². The van der Waals surface area contributed by atoms with Gasteiger partial charge in [0.25, 0.3) is 0 Å². The number of carbonyl (C=O) groups excluding carboxylic acids is 1. The summed E-state index contributed by atoms with van der Waals surface area (Å²) in [7, 11) is 0. The van der Waals surface area contributed by atoms with Crippen molar-refractivity contribution < 1.29 is 9.53 Å². The highest BCUT2D eigenvalue weighted by atomic mass is 32.2. The molecule has 0 aliphatic carbocycles. The molecule has 0 radical (unpaired) electrons. The molecule has 0 aromatic rings. The van der Waals surface area contributed by atoms with E-state index >= 15 is 0 Å². The smallest absolute Gasteiger partial charge is 0.306 e. The Balaban J connectivity index is 2.22. The van der Waals surface area contributed by atoms with Gasteiger partial charge in [0.1, 0.15) is 0 Å². The Bertz CT molecular complexity index is 164. The summed E-state index contributed by atoms with van der Waals surface area (Å²) >= 11 is 2.00. The van der Waals surface area contributed by atoms with E-state index in [-0.39, 0.29) is 5.97 Å². The molecule has 2 unspecified atom stereocenters. The van der Waals surface area contributed by atoms with Crippen molar-refractivity contribution in [2.24, 2.45) is 11.8 Å². The van der Waals surface area contributed by atoms with Gasteiger partial charge in [-0.3, -0.25) is 4.79 Å². The third-order valence-corrected chi connectivity index (χ3v) is 3.75. The third kappa shape index (κ3) is 3.59. The molecular weight excluding hydrogens is 184 g/mol. The van der Waals surface area contributed by atoms with Crippen molar-refractivity contribution in [2.75, 3.05) is 18.1 Å². The predicted octanol–water partition coefficient (Wildman–Crippen LogP) is 2.33. The molecule has 3 heteroatoms. The minimum atomic E-state index is -0.0353. The molecule has 0 amide bonds. The predicted molar refractivity (Wildman–Crippen MR) is 55.8 cm³/mol. The SMILES string of the molecule is CCOC(=O)CC(C)C1CCSC1. The Morgan fingerprint density at radius 1 is 1.69 bits per heavy atom. The molecule has 1 rings (SSSR count). The van der Waals surface area contributed by atoms with Crippen LogP contribution < -0.4 is 0 Å². The molecule has 2 atom stereocenters. The van der Waals surface area contributed by atoms with Crippen LogP contribution in [0.4, 0.5) is 0 Å². The van der Waals surface area contributed by atoms with Gasteiger partial charge in [-0.2, -0.15) is 11.8 Å². The van der Waals surface area contributed by atoms with Crippen molar-refractivity contribution in [1.29, 1.82) is 0 Å². The van der Waals surface area contributed by atoms with Gasteiger partial charge in [0.2, 0.25) is 0 Å². The summed E-state index contributed by atoms with van der Waals surface area (Å²) in [4.78, 5) is 11.2. The van der Waals surface area contributed by atoms with Gasteiger partial charge < -0.3 is 4.74 Å². The van der Waals surface area contributed by atoms with E-state index in [2.05, 4.69) is 6.92 Å². The number of esters is 1. The minimum absolute atomic E-state index is 0.0353. The molecule has 76 valence electrons. The molecule has 1 aliphatic rings. The molecule has 0 aromatic carbocycles. The highest BCUT2D eigenvalue weighted by Crippen LogP contribution is 2.31. The molecule has 0 N–H and O–H groups in total. The van der Waals surface area contributed by atoms with Gasteiger partial charge in [-0.25, -0.2) is 0 Å². The Labute approximate surface area is 84.4 Å². The molecule has 13 heavy (non-hydrogen) atoms. The molecule has 0 saturated carbocycles. The van der Waals surface area contributed by atoms with Crippen molar-refractivity contribution in [2.45, 2.75) is 26.7 Å². The molecule has 0 spiro atoms. The lowest BCUT2D eigenvalue weighted by Gasteiger charge is -2.16. The van der Waals surface area contributed by atoms with Gasteiger partial charge in [-0.15, -0.1) is 0 Å². The van der Waals surface area contributed by atoms with Crippen LogP contribution in [0.1, 0.15) is 26.7 Å². The second-order valence-electron chi connectivity index (χ2n) is 3.61. The van der Waals surface area contributed by atoms with Gasteiger partial charge in [0.05, 0.1) is 6.61 Å². The quantitative estimate of drug-likeness (QED) is 0.654. The maximum absolute atomic E-state index is 11.2. The number of ether oxygens (including phenoxy) is 1. The van der Waals surface area contributed by atoms with Gasteiger partial charge in [0, 0.05) is 6.42 Å². The molecule has 2 nitrogen and oxygen atoms in total. The Morgan fingerprint density at radius 3 is 3.00 bits per heavy atom. The monoisotopic (exact) mass is 202 g/mol. The number of rotatable bonds is 4. The van der Waals surface area contributed by atoms with Crippen molar-refractivity contribution in [3.63, 3.8) is 0 Å². The van der Waals surface area contributed by atoms with E-state index < -0.39 is 0 Å². The second-order valence-corrected chi connectivity index (χ2v) is 4.76. The highest BCUT2D eigenvalue weighted by Gasteiger charge is 2.24. The number of carbonyl (C=O) groups is 1. The van der Waals surface area contributed by atoms with Crippen LogP contribution in [0.5, 0.6) is 0 Å². The third-order valence-electron chi connectivity index (χ3n) is 2.56. The lowest BCUT2D eigenvalue weighted by Crippen LogP contribution is -2.16. The maximum Gasteiger partial charge on any atom is 0.306 e. The zero-order valence-electron chi connectivity index (χ0n) is 8.41. The van der Waals surface area contributed by atoms with Crippen LogP contribution >= 0.6 is 11.8 Å². The zero-order valence-corrected chi connectivity index (χ0v) is 9.23. The maximum atomic E-state index is 11.2. The summed E-state index contributed by atoms with van der Waals surface area (Å²) in [6.07, 6.45) is 1.87. The van der Waals surface area contributed by atoms with Crippen LogP contribution in [-0.2, 0) is 9.53 Å². The summed E-state index contributed by atoms with van der Waals surface area (Å²) < 4.78 is 4.93. The summed E-state index contributed by atoms with van der Waals surface area (Å²) in [6, 6.07) is 0. The Kier molecular flexibility index (Phi) is 4.64. The summed E-state index contributed by atoms with van der Waals surface area (Å²) in [5.74, 6) is 3.67. The summed E-state index contributed by atoms with van der Waals surface area (Å²) in [5.41, 5.74) is 0. The molecule has 0 bridgehead atoms. The first-order chi connectivity index (χ1) is 6.24. The highest BCUT2D eigenvalue weighted by molar-refractivity contribution is 7.99. The Hall–Kier alpha value is -0.180. The van der Waals surface area contributed by atoms with Crippen LogP contribution in [0, 0.1) is 11.8 Å². The number of hydrogen-bond donors (Lipinski definition) is 0. The minimum Gasteiger partial charge on any atom is -0.466 e. The first-order valence-corrected chi connectivity index (χ1v) is 6.13. The molecule has 0 aromatic heterocycles. The fraction of sp³-hybridized carbons (Fsp3) is 0.900. The van der Waals surface area contributed by atoms with Gasteiger partial charge >= 0.3 is 5.97 Å². The normalized spacial score (nSPS) is 24.3. The topological polar surface area (TPSA) is 26.3 Å². The molecule has 1 aliphatic heterocycles. The lowest BCUT2D eigenvalue weighted by molar-refractivity contribution is -0.144. The largest absolute Gasteiger partial charge is 0.466 e. The number of thioether (sulfide) groups is 1. The zero-order chi connectivity index (χ0) is 9.68. The Morgan fingerprint density at radius 2 is 2.46 bits per heavy atom. The lowest BCUT2D eigenvalue weighted by atomic mass is 9.91. The van der Waals surface area contributed by atoms with E-state index in [0.29, 0.717) is 18.9 Å². The number of hydrogen-bond acceptors (Lipinski definition) is 3. The average Bonchev–Trinajstić information content (AvgIpc) is 2.55. The van der Waals surface area contributed by atoms with Gasteiger partial charge in [-0.05, 0) is 36.7 Å². The van der Waals surface area contributed by atoms with E-state index in [1.165, 1.54) is 17.9 Å². The van der Waals surface area contributed by atoms with Crippen molar-refractivity contribution in [3.8, 4) is 0 Å². The van der Waals surface area contributed by atoms with E-state index in [0.717, 1.165) is 5.92 Å². The van der Waals surface area contributed by atoms with Crippen molar-refractivity contribution >= 4 is 17.7 Å². The van der Waals surface area contributed by atoms with E-state index in [9.17, 15) is 4.79 Å². The molecule has 1 saturated heterocycles. The standard InChI is InChI=1S/C10H18O2S/c1-3-12-10(11)6-8(2)9-4-5-13-7-9/h8-9H,3-7H2,1-2H3. The fourth-order valence-corrected chi connectivity index (χ4v) is 3.09. The first-order valence-electron chi connectivity index (χ1n) is 4.97. The first kappa shape index (κ1) is 10.9. The van der Waals surface area contributed by atoms with Crippen LogP contribution in [0.2, 0.25) is 0 Å². The van der Waals surface area contributed by atoms with Crippen LogP contribution in [0.25, 0.3) is 0 Å². The molecule has 1 fully saturated rings.